The van der Waals surface area contributed by atoms with Gasteiger partial charge in [0.25, 0.3) is 5.91 Å². The van der Waals surface area contributed by atoms with Gasteiger partial charge < -0.3 is 26.0 Å². The summed E-state index contributed by atoms with van der Waals surface area (Å²) in [5.41, 5.74) is 8.43. The van der Waals surface area contributed by atoms with E-state index in [1.165, 1.54) is 44.6 Å². The second kappa shape index (κ2) is 6.59. The van der Waals surface area contributed by atoms with Crippen LogP contribution in [0.5, 0.6) is 11.5 Å². The standard InChI is InChI=1S/C17H18N2O5/c1-23-13-9-5-6-10(14(13)24-2)15(20)17(22,16(19)21)11-7-3-4-8-12(11)18/h3-9,22H,18H2,1-2H3,(H2,19,21). The van der Waals surface area contributed by atoms with Crippen molar-refractivity contribution in [2.24, 2.45) is 5.73 Å². The number of benzene rings is 2. The molecule has 0 bridgehead atoms. The molecular formula is C17H18N2O5. The first-order valence-corrected chi connectivity index (χ1v) is 7.01. The summed E-state index contributed by atoms with van der Waals surface area (Å²) in [6, 6.07) is 10.5. The molecule has 0 saturated carbocycles. The van der Waals surface area contributed by atoms with E-state index in [2.05, 4.69) is 0 Å². The van der Waals surface area contributed by atoms with Gasteiger partial charge in [0.15, 0.2) is 11.5 Å². The molecule has 0 spiro atoms. The first-order chi connectivity index (χ1) is 11.4. The zero-order chi connectivity index (χ0) is 17.9. The number of hydrogen-bond acceptors (Lipinski definition) is 6. The van der Waals surface area contributed by atoms with E-state index in [0.717, 1.165) is 0 Å². The van der Waals surface area contributed by atoms with Crippen molar-refractivity contribution in [2.75, 3.05) is 20.0 Å². The average Bonchev–Trinajstić information content (AvgIpc) is 2.59. The largest absolute Gasteiger partial charge is 0.493 e. The Kier molecular flexibility index (Phi) is 4.75. The second-order valence-corrected chi connectivity index (χ2v) is 5.03. The smallest absolute Gasteiger partial charge is 0.262 e. The highest BCUT2D eigenvalue weighted by Gasteiger charge is 2.47. The van der Waals surface area contributed by atoms with Crippen molar-refractivity contribution < 1.29 is 24.2 Å². The van der Waals surface area contributed by atoms with Crippen molar-refractivity contribution in [3.05, 3.63) is 53.6 Å². The summed E-state index contributed by atoms with van der Waals surface area (Å²) in [4.78, 5) is 24.9. The van der Waals surface area contributed by atoms with Gasteiger partial charge in [-0.3, -0.25) is 9.59 Å². The van der Waals surface area contributed by atoms with Crippen LogP contribution in [-0.2, 0) is 10.4 Å². The Balaban J connectivity index is 2.69. The lowest BCUT2D eigenvalue weighted by atomic mass is 9.84. The second-order valence-electron chi connectivity index (χ2n) is 5.03. The molecule has 0 saturated heterocycles. The van der Waals surface area contributed by atoms with E-state index in [9.17, 15) is 14.7 Å². The highest BCUT2D eigenvalue weighted by Crippen LogP contribution is 2.37. The van der Waals surface area contributed by atoms with Gasteiger partial charge in [-0.1, -0.05) is 24.3 Å². The summed E-state index contributed by atoms with van der Waals surface area (Å²) in [6.07, 6.45) is 0. The number of hydrogen-bond donors (Lipinski definition) is 3. The van der Waals surface area contributed by atoms with Crippen LogP contribution in [-0.4, -0.2) is 31.0 Å². The van der Waals surface area contributed by atoms with Crippen molar-refractivity contribution in [2.45, 2.75) is 5.60 Å². The molecule has 5 N–H and O–H groups in total. The molecule has 126 valence electrons. The quantitative estimate of drug-likeness (QED) is 0.409. The number of para-hydroxylation sites is 2. The highest BCUT2D eigenvalue weighted by molar-refractivity contribution is 6.18. The number of aliphatic hydroxyl groups is 1. The van der Waals surface area contributed by atoms with E-state index in [-0.39, 0.29) is 28.3 Å². The molecule has 0 aliphatic carbocycles. The van der Waals surface area contributed by atoms with Crippen molar-refractivity contribution in [3.8, 4) is 11.5 Å². The molecule has 2 aromatic carbocycles. The van der Waals surface area contributed by atoms with Gasteiger partial charge in [-0.05, 0) is 18.2 Å². The maximum Gasteiger partial charge on any atom is 0.262 e. The Morgan fingerprint density at radius 2 is 1.71 bits per heavy atom. The minimum absolute atomic E-state index is 0.0543. The van der Waals surface area contributed by atoms with Gasteiger partial charge in [-0.25, -0.2) is 0 Å². The molecule has 0 heterocycles. The van der Waals surface area contributed by atoms with E-state index in [0.29, 0.717) is 0 Å². The number of carbonyl (C=O) groups is 2. The number of nitrogen functional groups attached to an aromatic ring is 1. The monoisotopic (exact) mass is 330 g/mol. The number of anilines is 1. The molecule has 7 heteroatoms. The van der Waals surface area contributed by atoms with Crippen LogP contribution in [0.4, 0.5) is 5.69 Å². The van der Waals surface area contributed by atoms with Gasteiger partial charge in [-0.15, -0.1) is 0 Å². The van der Waals surface area contributed by atoms with Crippen LogP contribution in [0.15, 0.2) is 42.5 Å². The van der Waals surface area contributed by atoms with Crippen LogP contribution in [0, 0.1) is 0 Å². The zero-order valence-electron chi connectivity index (χ0n) is 13.3. The molecular weight excluding hydrogens is 312 g/mol. The Morgan fingerprint density at radius 3 is 2.25 bits per heavy atom. The van der Waals surface area contributed by atoms with Crippen molar-refractivity contribution in [1.82, 2.24) is 0 Å². The lowest BCUT2D eigenvalue weighted by Crippen LogP contribution is -2.48. The van der Waals surface area contributed by atoms with Gasteiger partial charge in [-0.2, -0.15) is 0 Å². The van der Waals surface area contributed by atoms with Gasteiger partial charge in [0, 0.05) is 11.3 Å². The SMILES string of the molecule is COc1cccc(C(=O)C(O)(C(N)=O)c2ccccc2N)c1OC. The Hall–Kier alpha value is -3.06. The van der Waals surface area contributed by atoms with E-state index < -0.39 is 17.3 Å². The fraction of sp³-hybridized carbons (Fsp3) is 0.176. The number of amides is 1. The molecule has 24 heavy (non-hydrogen) atoms. The molecule has 0 aliphatic rings. The third-order valence-electron chi connectivity index (χ3n) is 3.68. The third kappa shape index (κ3) is 2.65. The summed E-state index contributed by atoms with van der Waals surface area (Å²) in [7, 11) is 2.75. The zero-order valence-corrected chi connectivity index (χ0v) is 13.3. The van der Waals surface area contributed by atoms with E-state index in [1.54, 1.807) is 12.1 Å². The van der Waals surface area contributed by atoms with Gasteiger partial charge in [0.05, 0.1) is 19.8 Å². The lowest BCUT2D eigenvalue weighted by Gasteiger charge is -2.26. The molecule has 0 radical (unpaired) electrons. The average molecular weight is 330 g/mol. The molecule has 1 unspecified atom stereocenters. The van der Waals surface area contributed by atoms with Crippen LogP contribution in [0.1, 0.15) is 15.9 Å². The Bertz CT molecular complexity index is 790. The van der Waals surface area contributed by atoms with Crippen LogP contribution < -0.4 is 20.9 Å². The maximum absolute atomic E-state index is 13.0. The maximum atomic E-state index is 13.0. The summed E-state index contributed by atoms with van der Waals surface area (Å²) >= 11 is 0. The van der Waals surface area contributed by atoms with Crippen molar-refractivity contribution in [1.29, 1.82) is 0 Å². The third-order valence-corrected chi connectivity index (χ3v) is 3.68. The van der Waals surface area contributed by atoms with Crippen LogP contribution in [0.2, 0.25) is 0 Å². The fourth-order valence-corrected chi connectivity index (χ4v) is 2.45. The number of ketones is 1. The van der Waals surface area contributed by atoms with Crippen LogP contribution in [0.25, 0.3) is 0 Å². The van der Waals surface area contributed by atoms with Crippen molar-refractivity contribution in [3.63, 3.8) is 0 Å². The highest BCUT2D eigenvalue weighted by atomic mass is 16.5. The normalized spacial score (nSPS) is 13.0. The minimum atomic E-state index is -2.63. The van der Waals surface area contributed by atoms with E-state index in [1.807, 2.05) is 0 Å². The summed E-state index contributed by atoms with van der Waals surface area (Å²) in [5, 5.41) is 10.8. The van der Waals surface area contributed by atoms with Crippen LogP contribution in [0.3, 0.4) is 0 Å². The first-order valence-electron chi connectivity index (χ1n) is 7.01. The number of carbonyl (C=O) groups excluding carboxylic acids is 2. The topological polar surface area (TPSA) is 125 Å². The number of primary amides is 1. The Labute approximate surface area is 138 Å². The Morgan fingerprint density at radius 1 is 1.04 bits per heavy atom. The molecule has 1 amide bonds. The summed E-state index contributed by atoms with van der Waals surface area (Å²) < 4.78 is 10.3. The number of ether oxygens (including phenoxy) is 2. The number of rotatable bonds is 6. The fourth-order valence-electron chi connectivity index (χ4n) is 2.45. The van der Waals surface area contributed by atoms with Gasteiger partial charge >= 0.3 is 0 Å². The van der Waals surface area contributed by atoms with E-state index in [4.69, 9.17) is 20.9 Å². The molecule has 0 aliphatic heterocycles. The summed E-state index contributed by atoms with van der Waals surface area (Å²) in [6.45, 7) is 0. The predicted molar refractivity (Wildman–Crippen MR) is 87.8 cm³/mol. The number of nitrogens with two attached hydrogens (primary N) is 2. The molecule has 0 aromatic heterocycles. The minimum Gasteiger partial charge on any atom is -0.493 e. The lowest BCUT2D eigenvalue weighted by molar-refractivity contribution is -0.132. The predicted octanol–water partition coefficient (Wildman–Crippen LogP) is 0.842. The molecule has 0 fully saturated rings. The first kappa shape index (κ1) is 17.3. The summed E-state index contributed by atoms with van der Waals surface area (Å²) in [5.74, 6) is -1.84. The molecule has 2 aromatic rings. The molecule has 2 rings (SSSR count). The molecule has 7 nitrogen and oxygen atoms in total. The van der Waals surface area contributed by atoms with E-state index >= 15 is 0 Å². The number of Topliss-reactive ketones (excluding diaryl/α,β-unsaturated/α-hetero) is 1. The van der Waals surface area contributed by atoms with Gasteiger partial charge in [0.2, 0.25) is 11.4 Å². The van der Waals surface area contributed by atoms with Crippen LogP contribution >= 0.6 is 0 Å². The number of methoxy groups -OCH3 is 2. The van der Waals surface area contributed by atoms with Crippen molar-refractivity contribution >= 4 is 17.4 Å². The van der Waals surface area contributed by atoms with Gasteiger partial charge in [0.1, 0.15) is 0 Å². The molecule has 1 atom stereocenters.